The maximum absolute atomic E-state index is 12.5. The molecule has 28 heavy (non-hydrogen) atoms. The van der Waals surface area contributed by atoms with Crippen LogP contribution in [0.5, 0.6) is 17.2 Å². The Balaban J connectivity index is 1.65. The van der Waals surface area contributed by atoms with E-state index in [-0.39, 0.29) is 5.43 Å². The van der Waals surface area contributed by atoms with Crippen molar-refractivity contribution in [1.29, 1.82) is 0 Å². The van der Waals surface area contributed by atoms with Gasteiger partial charge in [-0.3, -0.25) is 4.79 Å². The lowest BCUT2D eigenvalue weighted by atomic mass is 10.1. The Morgan fingerprint density at radius 3 is 2.36 bits per heavy atom. The molecule has 4 aromatic rings. The molecule has 1 aromatic heterocycles. The van der Waals surface area contributed by atoms with Gasteiger partial charge in [-0.1, -0.05) is 0 Å². The smallest absolute Gasteiger partial charge is 0.193 e. The molecule has 6 heteroatoms. The monoisotopic (exact) mass is 374 g/mol. The molecule has 1 heterocycles. The molecule has 6 nitrogen and oxygen atoms in total. The van der Waals surface area contributed by atoms with Gasteiger partial charge in [0, 0.05) is 23.4 Å². The van der Waals surface area contributed by atoms with Crippen molar-refractivity contribution >= 4 is 22.3 Å². The Bertz CT molecular complexity index is 1210. The van der Waals surface area contributed by atoms with E-state index in [2.05, 4.69) is 0 Å². The summed E-state index contributed by atoms with van der Waals surface area (Å²) in [6.45, 7) is 0. The molecular formula is C22H18N2O4. The van der Waals surface area contributed by atoms with Crippen LogP contribution in [0, 0.1) is 0 Å². The lowest BCUT2D eigenvalue weighted by molar-refractivity contribution is 0.415. The van der Waals surface area contributed by atoms with Crippen molar-refractivity contribution in [2.24, 2.45) is 0 Å². The van der Waals surface area contributed by atoms with Crippen LogP contribution >= 0.6 is 0 Å². The van der Waals surface area contributed by atoms with Crippen LogP contribution in [0.25, 0.3) is 22.3 Å². The second-order valence-corrected chi connectivity index (χ2v) is 6.26. The third kappa shape index (κ3) is 3.35. The molecule has 0 aliphatic heterocycles. The fourth-order valence-electron chi connectivity index (χ4n) is 2.86. The molecule has 0 bridgehead atoms. The highest BCUT2D eigenvalue weighted by Gasteiger charge is 2.09. The lowest BCUT2D eigenvalue weighted by Crippen LogP contribution is -2.00. The standard InChI is InChI=1S/C22H18N2O4/c1-26-16-7-9-20-17(11-16)19(25)12-21(28-20)13-2-5-15(6-3-13)27-22-10-14(23)4-8-18(22)24/h2-12H,23-24H2,1H3. The number of hydrogen-bond acceptors (Lipinski definition) is 6. The summed E-state index contributed by atoms with van der Waals surface area (Å²) in [7, 11) is 1.55. The number of fused-ring (bicyclic) bond motifs is 1. The first kappa shape index (κ1) is 17.5. The Morgan fingerprint density at radius 2 is 1.61 bits per heavy atom. The quantitative estimate of drug-likeness (QED) is 0.513. The highest BCUT2D eigenvalue weighted by molar-refractivity contribution is 5.80. The molecular weight excluding hydrogens is 356 g/mol. The molecule has 4 rings (SSSR count). The maximum Gasteiger partial charge on any atom is 0.193 e. The molecule has 0 radical (unpaired) electrons. The summed E-state index contributed by atoms with van der Waals surface area (Å²) >= 11 is 0. The van der Waals surface area contributed by atoms with E-state index in [0.717, 1.165) is 5.56 Å². The highest BCUT2D eigenvalue weighted by Crippen LogP contribution is 2.31. The Morgan fingerprint density at radius 1 is 0.857 bits per heavy atom. The zero-order chi connectivity index (χ0) is 19.7. The Labute approximate surface area is 160 Å². The molecule has 4 N–H and O–H groups in total. The van der Waals surface area contributed by atoms with Crippen molar-refractivity contribution in [3.63, 3.8) is 0 Å². The predicted octanol–water partition coefficient (Wildman–Crippen LogP) is 4.43. The summed E-state index contributed by atoms with van der Waals surface area (Å²) in [5.41, 5.74) is 13.9. The average molecular weight is 374 g/mol. The molecule has 0 saturated heterocycles. The predicted molar refractivity (Wildman–Crippen MR) is 110 cm³/mol. The fraction of sp³-hybridized carbons (Fsp3) is 0.0455. The highest BCUT2D eigenvalue weighted by atomic mass is 16.5. The largest absolute Gasteiger partial charge is 0.497 e. The first-order valence-electron chi connectivity index (χ1n) is 8.59. The van der Waals surface area contributed by atoms with Crippen LogP contribution < -0.4 is 26.4 Å². The lowest BCUT2D eigenvalue weighted by Gasteiger charge is -2.10. The third-order valence-corrected chi connectivity index (χ3v) is 4.34. The number of nitrogens with two attached hydrogens (primary N) is 2. The number of rotatable bonds is 4. The van der Waals surface area contributed by atoms with E-state index in [1.165, 1.54) is 6.07 Å². The molecule has 0 atom stereocenters. The fourth-order valence-corrected chi connectivity index (χ4v) is 2.86. The van der Waals surface area contributed by atoms with Gasteiger partial charge in [-0.2, -0.15) is 0 Å². The number of ether oxygens (including phenoxy) is 2. The summed E-state index contributed by atoms with van der Waals surface area (Å²) in [5.74, 6) is 2.15. The molecule has 0 saturated carbocycles. The zero-order valence-corrected chi connectivity index (χ0v) is 15.1. The van der Waals surface area contributed by atoms with Crippen LogP contribution in [0.1, 0.15) is 0 Å². The van der Waals surface area contributed by atoms with Crippen molar-refractivity contribution in [1.82, 2.24) is 0 Å². The summed E-state index contributed by atoms with van der Waals surface area (Å²) in [5, 5.41) is 0.472. The summed E-state index contributed by atoms with van der Waals surface area (Å²) < 4.78 is 16.8. The van der Waals surface area contributed by atoms with Crippen LogP contribution in [0.3, 0.4) is 0 Å². The van der Waals surface area contributed by atoms with Crippen LogP contribution in [0.2, 0.25) is 0 Å². The third-order valence-electron chi connectivity index (χ3n) is 4.34. The zero-order valence-electron chi connectivity index (χ0n) is 15.1. The second-order valence-electron chi connectivity index (χ2n) is 6.26. The van der Waals surface area contributed by atoms with E-state index in [4.69, 9.17) is 25.4 Å². The summed E-state index contributed by atoms with van der Waals surface area (Å²) in [6.07, 6.45) is 0. The molecule has 0 spiro atoms. The van der Waals surface area contributed by atoms with E-state index >= 15 is 0 Å². The van der Waals surface area contributed by atoms with Crippen LogP contribution in [0.4, 0.5) is 11.4 Å². The van der Waals surface area contributed by atoms with Gasteiger partial charge in [0.2, 0.25) is 0 Å². The van der Waals surface area contributed by atoms with Gasteiger partial charge in [0.15, 0.2) is 11.2 Å². The second kappa shape index (κ2) is 7.00. The van der Waals surface area contributed by atoms with E-state index in [1.807, 2.05) is 12.1 Å². The molecule has 3 aromatic carbocycles. The van der Waals surface area contributed by atoms with Crippen LogP contribution in [-0.2, 0) is 0 Å². The number of anilines is 2. The minimum Gasteiger partial charge on any atom is -0.497 e. The normalized spacial score (nSPS) is 10.8. The maximum atomic E-state index is 12.5. The van der Waals surface area contributed by atoms with Gasteiger partial charge >= 0.3 is 0 Å². The van der Waals surface area contributed by atoms with Gasteiger partial charge in [-0.25, -0.2) is 0 Å². The first-order chi connectivity index (χ1) is 13.5. The van der Waals surface area contributed by atoms with Gasteiger partial charge in [0.1, 0.15) is 22.8 Å². The Kier molecular flexibility index (Phi) is 4.37. The van der Waals surface area contributed by atoms with Gasteiger partial charge in [-0.05, 0) is 54.6 Å². The van der Waals surface area contributed by atoms with E-state index in [1.54, 1.807) is 55.6 Å². The van der Waals surface area contributed by atoms with Crippen molar-refractivity contribution in [3.8, 4) is 28.6 Å². The molecule has 0 fully saturated rings. The van der Waals surface area contributed by atoms with Crippen molar-refractivity contribution < 1.29 is 13.9 Å². The number of benzene rings is 3. The van der Waals surface area contributed by atoms with E-state index < -0.39 is 0 Å². The number of nitrogen functional groups attached to an aromatic ring is 2. The number of hydrogen-bond donors (Lipinski definition) is 2. The Hall–Kier alpha value is -3.93. The SMILES string of the molecule is COc1ccc2oc(-c3ccc(Oc4cc(N)ccc4N)cc3)cc(=O)c2c1. The van der Waals surface area contributed by atoms with Gasteiger partial charge in [0.25, 0.3) is 0 Å². The molecule has 0 aliphatic carbocycles. The molecule has 0 aliphatic rings. The van der Waals surface area contributed by atoms with Crippen LogP contribution in [-0.4, -0.2) is 7.11 Å². The molecule has 0 unspecified atom stereocenters. The number of methoxy groups -OCH3 is 1. The molecule has 0 amide bonds. The van der Waals surface area contributed by atoms with Crippen molar-refractivity contribution in [2.75, 3.05) is 18.6 Å². The molecule has 140 valence electrons. The average Bonchev–Trinajstić information content (AvgIpc) is 2.71. The minimum absolute atomic E-state index is 0.136. The van der Waals surface area contributed by atoms with Gasteiger partial charge < -0.3 is 25.4 Å². The summed E-state index contributed by atoms with van der Waals surface area (Å²) in [6, 6.07) is 18.8. The van der Waals surface area contributed by atoms with Crippen molar-refractivity contribution in [3.05, 3.63) is 77.0 Å². The topological polar surface area (TPSA) is 101 Å². The van der Waals surface area contributed by atoms with Gasteiger partial charge in [-0.15, -0.1) is 0 Å². The van der Waals surface area contributed by atoms with Crippen molar-refractivity contribution in [2.45, 2.75) is 0 Å². The first-order valence-corrected chi connectivity index (χ1v) is 8.59. The van der Waals surface area contributed by atoms with E-state index in [0.29, 0.717) is 45.4 Å². The minimum atomic E-state index is -0.136. The van der Waals surface area contributed by atoms with E-state index in [9.17, 15) is 4.79 Å². The van der Waals surface area contributed by atoms with Gasteiger partial charge in [0.05, 0.1) is 18.2 Å². The summed E-state index contributed by atoms with van der Waals surface area (Å²) in [4.78, 5) is 12.5. The van der Waals surface area contributed by atoms with Crippen LogP contribution in [0.15, 0.2) is 75.9 Å².